The number of methoxy groups -OCH3 is 1. The lowest BCUT2D eigenvalue weighted by atomic mass is 9.91. The van der Waals surface area contributed by atoms with Crippen LogP contribution in [0.25, 0.3) is 0 Å². The van der Waals surface area contributed by atoms with Crippen LogP contribution in [0.2, 0.25) is 0 Å². The molecular formula is C9H18N2O4S. The zero-order valence-electron chi connectivity index (χ0n) is 9.36. The van der Waals surface area contributed by atoms with Crippen molar-refractivity contribution in [3.05, 3.63) is 0 Å². The van der Waals surface area contributed by atoms with Crippen molar-refractivity contribution in [2.24, 2.45) is 5.73 Å². The molecule has 1 amide bonds. The van der Waals surface area contributed by atoms with Gasteiger partial charge in [-0.05, 0) is 12.8 Å². The molecule has 0 unspecified atom stereocenters. The average Bonchev–Trinajstić information content (AvgIpc) is 2.21. The minimum atomic E-state index is -3.00. The average molecular weight is 250 g/mol. The first-order valence-corrected chi connectivity index (χ1v) is 6.98. The summed E-state index contributed by atoms with van der Waals surface area (Å²) in [7, 11) is -1.44. The lowest BCUT2D eigenvalue weighted by Gasteiger charge is -2.35. The molecule has 0 aromatic heterocycles. The molecule has 7 heteroatoms. The Bertz CT molecular complexity index is 339. The number of nitrogens with two attached hydrogens (primary N) is 1. The second-order valence-electron chi connectivity index (χ2n) is 4.02. The van der Waals surface area contributed by atoms with Gasteiger partial charge in [-0.2, -0.15) is 0 Å². The van der Waals surface area contributed by atoms with E-state index in [1.54, 1.807) is 7.11 Å². The Balaban J connectivity index is 2.65. The van der Waals surface area contributed by atoms with Gasteiger partial charge in [0.2, 0.25) is 5.91 Å². The smallest absolute Gasteiger partial charge is 0.237 e. The summed E-state index contributed by atoms with van der Waals surface area (Å²) in [5.74, 6) is -0.468. The maximum atomic E-state index is 11.4. The Hall–Kier alpha value is -0.660. The van der Waals surface area contributed by atoms with Crippen LogP contribution in [0.3, 0.4) is 0 Å². The van der Waals surface area contributed by atoms with Crippen LogP contribution in [-0.4, -0.2) is 51.6 Å². The lowest BCUT2D eigenvalue weighted by molar-refractivity contribution is -0.124. The van der Waals surface area contributed by atoms with E-state index >= 15 is 0 Å². The van der Waals surface area contributed by atoms with Gasteiger partial charge >= 0.3 is 0 Å². The van der Waals surface area contributed by atoms with Crippen molar-refractivity contribution in [2.45, 2.75) is 18.4 Å². The molecule has 0 radical (unpaired) electrons. The van der Waals surface area contributed by atoms with Crippen molar-refractivity contribution in [3.63, 3.8) is 0 Å². The molecular weight excluding hydrogens is 232 g/mol. The normalized spacial score (nSPS) is 22.8. The maximum Gasteiger partial charge on any atom is 0.237 e. The number of sulfone groups is 1. The Labute approximate surface area is 95.4 Å². The number of rotatable bonds is 5. The molecule has 16 heavy (non-hydrogen) atoms. The van der Waals surface area contributed by atoms with E-state index in [2.05, 4.69) is 5.32 Å². The van der Waals surface area contributed by atoms with Gasteiger partial charge in [0.05, 0.1) is 23.7 Å². The van der Waals surface area contributed by atoms with Gasteiger partial charge < -0.3 is 15.8 Å². The third-order valence-corrected chi connectivity index (χ3v) is 4.57. The van der Waals surface area contributed by atoms with E-state index in [0.717, 1.165) is 0 Å². The monoisotopic (exact) mass is 250 g/mol. The van der Waals surface area contributed by atoms with Crippen LogP contribution in [0.5, 0.6) is 0 Å². The first-order valence-electron chi connectivity index (χ1n) is 5.16. The molecule has 0 atom stereocenters. The highest BCUT2D eigenvalue weighted by molar-refractivity contribution is 7.91. The summed E-state index contributed by atoms with van der Waals surface area (Å²) >= 11 is 0. The molecule has 0 saturated carbocycles. The van der Waals surface area contributed by atoms with Crippen molar-refractivity contribution in [3.8, 4) is 0 Å². The molecule has 0 bridgehead atoms. The molecule has 3 N–H and O–H groups in total. The fourth-order valence-electron chi connectivity index (χ4n) is 1.79. The van der Waals surface area contributed by atoms with Crippen molar-refractivity contribution in [1.82, 2.24) is 5.32 Å². The molecule has 1 fully saturated rings. The highest BCUT2D eigenvalue weighted by atomic mass is 32.2. The molecule has 6 nitrogen and oxygen atoms in total. The van der Waals surface area contributed by atoms with Gasteiger partial charge in [-0.3, -0.25) is 4.79 Å². The van der Waals surface area contributed by atoms with E-state index in [0.29, 0.717) is 13.2 Å². The van der Waals surface area contributed by atoms with Crippen molar-refractivity contribution in [2.75, 3.05) is 31.8 Å². The molecule has 1 rings (SSSR count). The number of nitrogens with one attached hydrogen (secondary N) is 1. The van der Waals surface area contributed by atoms with Crippen LogP contribution in [0, 0.1) is 0 Å². The molecule has 0 aliphatic carbocycles. The summed E-state index contributed by atoms with van der Waals surface area (Å²) in [6.07, 6.45) is 0.489. The first-order chi connectivity index (χ1) is 7.42. The molecule has 1 aliphatic heterocycles. The van der Waals surface area contributed by atoms with Crippen LogP contribution < -0.4 is 11.1 Å². The summed E-state index contributed by atoms with van der Waals surface area (Å²) in [6.45, 7) is 0.946. The number of carbonyl (C=O) groups excluding carboxylic acids is 1. The molecule has 0 spiro atoms. The zero-order chi connectivity index (χ0) is 12.2. The minimum Gasteiger partial charge on any atom is -0.383 e. The number of ether oxygens (including phenoxy) is 1. The molecule has 0 aromatic carbocycles. The lowest BCUT2D eigenvalue weighted by Crippen LogP contribution is -2.59. The van der Waals surface area contributed by atoms with E-state index in [9.17, 15) is 13.2 Å². The Morgan fingerprint density at radius 3 is 2.44 bits per heavy atom. The van der Waals surface area contributed by atoms with Crippen LogP contribution in [-0.2, 0) is 19.4 Å². The molecule has 1 heterocycles. The number of amides is 1. The standard InChI is InChI=1S/C9H18N2O4S/c1-15-5-4-11-9(8(10)12)2-6-16(13,14)7-3-9/h11H,2-7H2,1H3,(H2,10,12). The third-order valence-electron chi connectivity index (χ3n) is 2.92. The number of primary amides is 1. The van der Waals surface area contributed by atoms with Gasteiger partial charge in [0, 0.05) is 13.7 Å². The highest BCUT2D eigenvalue weighted by Crippen LogP contribution is 2.23. The van der Waals surface area contributed by atoms with E-state index in [1.807, 2.05) is 0 Å². The first kappa shape index (κ1) is 13.4. The largest absolute Gasteiger partial charge is 0.383 e. The Morgan fingerprint density at radius 1 is 1.44 bits per heavy atom. The van der Waals surface area contributed by atoms with Crippen LogP contribution >= 0.6 is 0 Å². The van der Waals surface area contributed by atoms with E-state index in [-0.39, 0.29) is 24.3 Å². The van der Waals surface area contributed by atoms with Crippen LogP contribution in [0.4, 0.5) is 0 Å². The summed E-state index contributed by atoms with van der Waals surface area (Å²) in [5, 5.41) is 3.01. The van der Waals surface area contributed by atoms with E-state index in [4.69, 9.17) is 10.5 Å². The fraction of sp³-hybridized carbons (Fsp3) is 0.889. The van der Waals surface area contributed by atoms with Crippen LogP contribution in [0.1, 0.15) is 12.8 Å². The number of hydrogen-bond acceptors (Lipinski definition) is 5. The Morgan fingerprint density at radius 2 is 2.00 bits per heavy atom. The summed E-state index contributed by atoms with van der Waals surface area (Å²) in [6, 6.07) is 0. The third kappa shape index (κ3) is 3.16. The molecule has 1 aliphatic rings. The SMILES string of the molecule is COCCNC1(C(N)=O)CCS(=O)(=O)CC1. The minimum absolute atomic E-state index is 0.00984. The second-order valence-corrected chi connectivity index (χ2v) is 6.32. The maximum absolute atomic E-state index is 11.4. The van der Waals surface area contributed by atoms with Crippen LogP contribution in [0.15, 0.2) is 0 Å². The summed E-state index contributed by atoms with van der Waals surface area (Å²) in [5.41, 5.74) is 4.45. The fourth-order valence-corrected chi connectivity index (χ4v) is 3.31. The predicted octanol–water partition coefficient (Wildman–Crippen LogP) is -1.34. The van der Waals surface area contributed by atoms with Gasteiger partial charge in [0.25, 0.3) is 0 Å². The topological polar surface area (TPSA) is 98.5 Å². The second kappa shape index (κ2) is 5.11. The summed E-state index contributed by atoms with van der Waals surface area (Å²) < 4.78 is 27.4. The zero-order valence-corrected chi connectivity index (χ0v) is 10.2. The van der Waals surface area contributed by atoms with Crippen molar-refractivity contribution in [1.29, 1.82) is 0 Å². The van der Waals surface area contributed by atoms with Crippen molar-refractivity contribution < 1.29 is 17.9 Å². The van der Waals surface area contributed by atoms with Gasteiger partial charge in [-0.1, -0.05) is 0 Å². The van der Waals surface area contributed by atoms with Gasteiger partial charge in [-0.25, -0.2) is 8.42 Å². The van der Waals surface area contributed by atoms with Gasteiger partial charge in [0.1, 0.15) is 9.84 Å². The van der Waals surface area contributed by atoms with Gasteiger partial charge in [-0.15, -0.1) is 0 Å². The predicted molar refractivity (Wildman–Crippen MR) is 59.7 cm³/mol. The molecule has 1 saturated heterocycles. The quantitative estimate of drug-likeness (QED) is 0.588. The number of carbonyl (C=O) groups is 1. The van der Waals surface area contributed by atoms with Gasteiger partial charge in [0.15, 0.2) is 0 Å². The van der Waals surface area contributed by atoms with E-state index in [1.165, 1.54) is 0 Å². The molecule has 0 aromatic rings. The molecule has 94 valence electrons. The number of hydrogen-bond donors (Lipinski definition) is 2. The van der Waals surface area contributed by atoms with E-state index < -0.39 is 21.3 Å². The highest BCUT2D eigenvalue weighted by Gasteiger charge is 2.41. The summed E-state index contributed by atoms with van der Waals surface area (Å²) in [4.78, 5) is 11.4. The van der Waals surface area contributed by atoms with Crippen molar-refractivity contribution >= 4 is 15.7 Å². The Kier molecular flexibility index (Phi) is 4.28.